The van der Waals surface area contributed by atoms with Gasteiger partial charge in [-0.3, -0.25) is 4.40 Å². The van der Waals surface area contributed by atoms with Gasteiger partial charge in [-0.2, -0.15) is 0 Å². The van der Waals surface area contributed by atoms with Gasteiger partial charge in [0.2, 0.25) is 0 Å². The molecule has 4 nitrogen and oxygen atoms in total. The maximum atomic E-state index is 5.52. The molecule has 6 rings (SSSR count). The van der Waals surface area contributed by atoms with Crippen LogP contribution in [-0.4, -0.2) is 23.6 Å². The molecular weight excluding hydrogens is 380 g/mol. The zero-order valence-corrected chi connectivity index (χ0v) is 18.0. The highest BCUT2D eigenvalue weighted by Gasteiger charge is 2.53. The van der Waals surface area contributed by atoms with E-state index in [9.17, 15) is 0 Å². The lowest BCUT2D eigenvalue weighted by atomic mass is 9.68. The second-order valence-corrected chi connectivity index (χ2v) is 10.3. The first kappa shape index (κ1) is 17.8. The molecule has 2 heterocycles. The Morgan fingerprint density at radius 2 is 1.93 bits per heavy atom. The third-order valence-corrected chi connectivity index (χ3v) is 8.75. The zero-order chi connectivity index (χ0) is 19.6. The van der Waals surface area contributed by atoms with Gasteiger partial charge in [-0.25, -0.2) is 4.98 Å². The number of methoxy groups -OCH3 is 2. The van der Waals surface area contributed by atoms with Gasteiger partial charge >= 0.3 is 0 Å². The van der Waals surface area contributed by atoms with Crippen molar-refractivity contribution in [3.05, 3.63) is 35.5 Å². The van der Waals surface area contributed by atoms with E-state index in [1.165, 1.54) is 56.3 Å². The number of ether oxygens (including phenoxy) is 2. The molecule has 2 aromatic heterocycles. The van der Waals surface area contributed by atoms with Gasteiger partial charge < -0.3 is 9.47 Å². The molecule has 1 aromatic carbocycles. The number of benzene rings is 1. The predicted octanol–water partition coefficient (Wildman–Crippen LogP) is 5.94. The van der Waals surface area contributed by atoms with Crippen LogP contribution in [0.4, 0.5) is 0 Å². The average molecular weight is 409 g/mol. The highest BCUT2D eigenvalue weighted by Crippen LogP contribution is 2.60. The summed E-state index contributed by atoms with van der Waals surface area (Å²) in [6, 6.07) is 6.16. The number of thiazole rings is 1. The number of rotatable bonds is 4. The molecule has 3 aliphatic rings. The van der Waals surface area contributed by atoms with E-state index >= 15 is 0 Å². The minimum Gasteiger partial charge on any atom is -0.493 e. The second-order valence-electron chi connectivity index (χ2n) is 9.41. The van der Waals surface area contributed by atoms with Crippen LogP contribution >= 0.6 is 11.3 Å². The van der Waals surface area contributed by atoms with E-state index in [4.69, 9.17) is 14.5 Å². The van der Waals surface area contributed by atoms with Crippen LogP contribution in [-0.2, 0) is 5.41 Å². The molecule has 29 heavy (non-hydrogen) atoms. The summed E-state index contributed by atoms with van der Waals surface area (Å²) in [7, 11) is 3.37. The van der Waals surface area contributed by atoms with Crippen molar-refractivity contribution in [3.8, 4) is 22.8 Å². The van der Waals surface area contributed by atoms with Crippen LogP contribution < -0.4 is 9.47 Å². The molecule has 3 aromatic rings. The Morgan fingerprint density at radius 1 is 1.07 bits per heavy atom. The van der Waals surface area contributed by atoms with Gasteiger partial charge in [0, 0.05) is 22.6 Å². The first-order valence-electron chi connectivity index (χ1n) is 10.9. The number of imidazole rings is 1. The fourth-order valence-corrected chi connectivity index (χ4v) is 7.59. The summed E-state index contributed by atoms with van der Waals surface area (Å²) in [4.78, 5) is 6.29. The van der Waals surface area contributed by atoms with Crippen molar-refractivity contribution in [2.75, 3.05) is 14.2 Å². The molecule has 3 saturated carbocycles. The number of hydrogen-bond acceptors (Lipinski definition) is 4. The van der Waals surface area contributed by atoms with Gasteiger partial charge in [0.1, 0.15) is 0 Å². The number of nitrogens with zero attached hydrogens (tertiary/aromatic N) is 2. The Balaban J connectivity index is 1.41. The topological polar surface area (TPSA) is 35.8 Å². The summed E-state index contributed by atoms with van der Waals surface area (Å²) in [6.45, 7) is 0. The molecule has 0 amide bonds. The Labute approximate surface area is 175 Å². The van der Waals surface area contributed by atoms with E-state index in [1.807, 2.05) is 6.07 Å². The smallest absolute Gasteiger partial charge is 0.194 e. The van der Waals surface area contributed by atoms with Gasteiger partial charge in [0.25, 0.3) is 0 Å². The highest BCUT2D eigenvalue weighted by molar-refractivity contribution is 7.15. The summed E-state index contributed by atoms with van der Waals surface area (Å²) in [6.07, 6.45) is 12.2. The molecule has 0 aliphatic heterocycles. The maximum absolute atomic E-state index is 5.52. The maximum Gasteiger partial charge on any atom is 0.194 e. The van der Waals surface area contributed by atoms with Gasteiger partial charge in [-0.05, 0) is 61.6 Å². The van der Waals surface area contributed by atoms with Gasteiger partial charge in [-0.1, -0.05) is 19.3 Å². The van der Waals surface area contributed by atoms with Crippen molar-refractivity contribution in [3.63, 3.8) is 0 Å². The molecule has 4 unspecified atom stereocenters. The molecule has 5 heteroatoms. The van der Waals surface area contributed by atoms with Gasteiger partial charge in [0.15, 0.2) is 16.5 Å². The molecule has 3 fully saturated rings. The molecule has 0 saturated heterocycles. The fraction of sp³-hybridized carbons (Fsp3) is 0.542. The molecule has 3 aliphatic carbocycles. The van der Waals surface area contributed by atoms with Crippen LogP contribution in [0.2, 0.25) is 0 Å². The summed E-state index contributed by atoms with van der Waals surface area (Å²) >= 11 is 1.74. The lowest BCUT2D eigenvalue weighted by molar-refractivity contribution is 0.215. The Bertz CT molecular complexity index is 1070. The second kappa shape index (κ2) is 6.49. The van der Waals surface area contributed by atoms with E-state index < -0.39 is 0 Å². The van der Waals surface area contributed by atoms with E-state index in [1.54, 1.807) is 25.6 Å². The normalized spacial score (nSPS) is 30.6. The first-order valence-corrected chi connectivity index (χ1v) is 11.8. The largest absolute Gasteiger partial charge is 0.493 e. The molecule has 0 spiro atoms. The van der Waals surface area contributed by atoms with Crippen LogP contribution in [0.5, 0.6) is 11.5 Å². The molecule has 0 N–H and O–H groups in total. The van der Waals surface area contributed by atoms with Gasteiger partial charge in [0.05, 0.1) is 25.6 Å². The zero-order valence-electron chi connectivity index (χ0n) is 17.2. The molecule has 152 valence electrons. The van der Waals surface area contributed by atoms with Crippen molar-refractivity contribution in [2.45, 2.75) is 50.4 Å². The SMILES string of the molecule is COc1ccc(-c2csc3nc(C45CC6CCCC(C4)C(C6)C5)cn23)cc1OC. The summed E-state index contributed by atoms with van der Waals surface area (Å²) in [5, 5.41) is 2.21. The van der Waals surface area contributed by atoms with Crippen molar-refractivity contribution < 1.29 is 9.47 Å². The summed E-state index contributed by atoms with van der Waals surface area (Å²) in [5.74, 6) is 4.33. The summed E-state index contributed by atoms with van der Waals surface area (Å²) in [5.41, 5.74) is 4.01. The van der Waals surface area contributed by atoms with Gasteiger partial charge in [-0.15, -0.1) is 11.3 Å². The minimum absolute atomic E-state index is 0.333. The average Bonchev–Trinajstić information content (AvgIpc) is 3.36. The van der Waals surface area contributed by atoms with Crippen LogP contribution in [0.3, 0.4) is 0 Å². The number of fused-ring (bicyclic) bond motifs is 3. The van der Waals surface area contributed by atoms with Crippen molar-refractivity contribution >= 4 is 16.3 Å². The monoisotopic (exact) mass is 408 g/mol. The molecule has 0 radical (unpaired) electrons. The van der Waals surface area contributed by atoms with E-state index in [0.717, 1.165) is 39.8 Å². The van der Waals surface area contributed by atoms with E-state index in [2.05, 4.69) is 28.1 Å². The van der Waals surface area contributed by atoms with Crippen molar-refractivity contribution in [2.24, 2.45) is 17.8 Å². The van der Waals surface area contributed by atoms with Crippen molar-refractivity contribution in [1.29, 1.82) is 0 Å². The Hall–Kier alpha value is -2.01. The van der Waals surface area contributed by atoms with Crippen LogP contribution in [0.25, 0.3) is 16.2 Å². The Kier molecular flexibility index (Phi) is 3.99. The fourth-order valence-electron chi connectivity index (χ4n) is 6.71. The lowest BCUT2D eigenvalue weighted by Crippen LogP contribution is -2.31. The lowest BCUT2D eigenvalue weighted by Gasteiger charge is -2.36. The third-order valence-electron chi connectivity index (χ3n) is 7.91. The minimum atomic E-state index is 0.333. The Morgan fingerprint density at radius 3 is 2.79 bits per heavy atom. The molecule has 4 atom stereocenters. The van der Waals surface area contributed by atoms with Crippen LogP contribution in [0.1, 0.15) is 50.6 Å². The van der Waals surface area contributed by atoms with Crippen molar-refractivity contribution in [1.82, 2.24) is 9.38 Å². The number of hydrogen-bond donors (Lipinski definition) is 0. The van der Waals surface area contributed by atoms with Crippen LogP contribution in [0, 0.1) is 17.8 Å². The molecular formula is C24H28N2O2S. The summed E-state index contributed by atoms with van der Waals surface area (Å²) < 4.78 is 13.2. The third kappa shape index (κ3) is 2.66. The standard InChI is InChI=1S/C24H28N2O2S/c1-27-20-7-6-16(9-21(20)28-2)19-14-29-23-25-22(13-26(19)23)24-10-15-4-3-5-17(11-24)18(8-15)12-24/h6-7,9,13-15,17-18H,3-5,8,10-12H2,1-2H3. The quantitative estimate of drug-likeness (QED) is 0.536. The predicted molar refractivity (Wildman–Crippen MR) is 116 cm³/mol. The number of aromatic nitrogens is 2. The first-order chi connectivity index (χ1) is 14.2. The van der Waals surface area contributed by atoms with Crippen LogP contribution in [0.15, 0.2) is 29.8 Å². The van der Waals surface area contributed by atoms with E-state index in [0.29, 0.717) is 5.41 Å². The van der Waals surface area contributed by atoms with E-state index in [-0.39, 0.29) is 0 Å². The highest BCUT2D eigenvalue weighted by atomic mass is 32.1. The molecule has 3 bridgehead atoms.